The van der Waals surface area contributed by atoms with Crippen LogP contribution in [0.2, 0.25) is 0 Å². The van der Waals surface area contributed by atoms with Gasteiger partial charge in [0.1, 0.15) is 0 Å². The molecule has 1 unspecified atom stereocenters. The molecule has 6 heteroatoms. The standard InChI is InChI=1S/C13H27N3O2.HI/c1-3-4-7-15-13(14-2)16-8-5-9-18-12-6-10-17-11-12;/h12H,3-11H2,1-2H3,(H2,14,15,16);1H. The van der Waals surface area contributed by atoms with E-state index in [4.69, 9.17) is 9.47 Å². The summed E-state index contributed by atoms with van der Waals surface area (Å²) in [4.78, 5) is 4.17. The monoisotopic (exact) mass is 385 g/mol. The molecule has 2 N–H and O–H groups in total. The largest absolute Gasteiger partial charge is 0.379 e. The number of guanidine groups is 1. The van der Waals surface area contributed by atoms with E-state index >= 15 is 0 Å². The Balaban J connectivity index is 0.00000324. The van der Waals surface area contributed by atoms with Crippen molar-refractivity contribution in [3.05, 3.63) is 0 Å². The Morgan fingerprint density at radius 2 is 2.05 bits per heavy atom. The third-order valence-electron chi connectivity index (χ3n) is 2.90. The summed E-state index contributed by atoms with van der Waals surface area (Å²) in [7, 11) is 1.80. The molecule has 0 bridgehead atoms. The van der Waals surface area contributed by atoms with Gasteiger partial charge in [-0.2, -0.15) is 0 Å². The van der Waals surface area contributed by atoms with Gasteiger partial charge in [-0.25, -0.2) is 0 Å². The maximum absolute atomic E-state index is 5.69. The molecule has 0 aromatic heterocycles. The maximum Gasteiger partial charge on any atom is 0.190 e. The summed E-state index contributed by atoms with van der Waals surface area (Å²) in [5.41, 5.74) is 0. The van der Waals surface area contributed by atoms with Crippen LogP contribution in [-0.4, -0.2) is 52.0 Å². The van der Waals surface area contributed by atoms with Gasteiger partial charge in [0.05, 0.1) is 12.7 Å². The summed E-state index contributed by atoms with van der Waals surface area (Å²) >= 11 is 0. The number of hydrogen-bond acceptors (Lipinski definition) is 3. The molecule has 1 aliphatic heterocycles. The van der Waals surface area contributed by atoms with Crippen LogP contribution in [0.1, 0.15) is 32.6 Å². The van der Waals surface area contributed by atoms with Crippen LogP contribution < -0.4 is 10.6 Å². The van der Waals surface area contributed by atoms with E-state index < -0.39 is 0 Å². The van der Waals surface area contributed by atoms with Gasteiger partial charge in [-0.1, -0.05) is 13.3 Å². The van der Waals surface area contributed by atoms with Gasteiger partial charge in [0.25, 0.3) is 0 Å². The molecule has 114 valence electrons. The number of hydrogen-bond donors (Lipinski definition) is 2. The van der Waals surface area contributed by atoms with Crippen molar-refractivity contribution < 1.29 is 9.47 Å². The average Bonchev–Trinajstić information content (AvgIpc) is 2.89. The van der Waals surface area contributed by atoms with Crippen LogP contribution in [0.3, 0.4) is 0 Å². The first-order valence-corrected chi connectivity index (χ1v) is 7.00. The van der Waals surface area contributed by atoms with Crippen LogP contribution in [0.4, 0.5) is 0 Å². The molecule has 1 fully saturated rings. The second kappa shape index (κ2) is 12.9. The molecule has 5 nitrogen and oxygen atoms in total. The minimum atomic E-state index is 0. The Bertz CT molecular complexity index is 234. The molecular formula is C13H28IN3O2. The Labute approximate surface area is 133 Å². The molecular weight excluding hydrogens is 357 g/mol. The number of aliphatic imine (C=N–C) groups is 1. The minimum Gasteiger partial charge on any atom is -0.379 e. The number of halogens is 1. The predicted octanol–water partition coefficient (Wildman–Crippen LogP) is 1.77. The van der Waals surface area contributed by atoms with Crippen LogP contribution in [0, 0.1) is 0 Å². The average molecular weight is 385 g/mol. The second-order valence-electron chi connectivity index (χ2n) is 4.49. The van der Waals surface area contributed by atoms with Crippen molar-refractivity contribution in [3.63, 3.8) is 0 Å². The molecule has 0 aromatic rings. The van der Waals surface area contributed by atoms with Crippen LogP contribution in [0.25, 0.3) is 0 Å². The number of nitrogens with one attached hydrogen (secondary N) is 2. The fraction of sp³-hybridized carbons (Fsp3) is 0.923. The lowest BCUT2D eigenvalue weighted by Crippen LogP contribution is -2.38. The third kappa shape index (κ3) is 9.45. The van der Waals surface area contributed by atoms with Gasteiger partial charge in [0.2, 0.25) is 0 Å². The predicted molar refractivity (Wildman–Crippen MR) is 89.5 cm³/mol. The highest BCUT2D eigenvalue weighted by Crippen LogP contribution is 2.07. The molecule has 1 heterocycles. The Hall–Kier alpha value is -0.0800. The van der Waals surface area contributed by atoms with Crippen LogP contribution in [0.15, 0.2) is 4.99 Å². The summed E-state index contributed by atoms with van der Waals surface area (Å²) < 4.78 is 10.9. The molecule has 0 amide bonds. The summed E-state index contributed by atoms with van der Waals surface area (Å²) in [5.74, 6) is 0.882. The van der Waals surface area contributed by atoms with Crippen molar-refractivity contribution >= 4 is 29.9 Å². The van der Waals surface area contributed by atoms with Crippen LogP contribution in [0.5, 0.6) is 0 Å². The van der Waals surface area contributed by atoms with E-state index in [-0.39, 0.29) is 24.0 Å². The van der Waals surface area contributed by atoms with Crippen molar-refractivity contribution in [2.75, 3.05) is 40.0 Å². The lowest BCUT2D eigenvalue weighted by Gasteiger charge is -2.12. The molecule has 0 aliphatic carbocycles. The van der Waals surface area contributed by atoms with E-state index in [0.29, 0.717) is 6.10 Å². The van der Waals surface area contributed by atoms with Crippen LogP contribution >= 0.6 is 24.0 Å². The number of nitrogens with zero attached hydrogens (tertiary/aromatic N) is 1. The van der Waals surface area contributed by atoms with E-state index in [0.717, 1.165) is 51.7 Å². The smallest absolute Gasteiger partial charge is 0.190 e. The molecule has 0 spiro atoms. The first kappa shape index (κ1) is 18.9. The molecule has 0 aromatic carbocycles. The SMILES string of the molecule is CCCCNC(=NC)NCCCOC1CCOC1.I. The normalized spacial score (nSPS) is 19.1. The van der Waals surface area contributed by atoms with Gasteiger partial charge in [-0.3, -0.25) is 4.99 Å². The lowest BCUT2D eigenvalue weighted by atomic mass is 10.3. The molecule has 19 heavy (non-hydrogen) atoms. The molecule has 1 saturated heterocycles. The van der Waals surface area contributed by atoms with Gasteiger partial charge in [0.15, 0.2) is 5.96 Å². The molecule has 1 rings (SSSR count). The van der Waals surface area contributed by atoms with Crippen molar-refractivity contribution in [2.45, 2.75) is 38.7 Å². The Kier molecular flexibility index (Phi) is 12.9. The zero-order valence-electron chi connectivity index (χ0n) is 12.1. The highest BCUT2D eigenvalue weighted by molar-refractivity contribution is 14.0. The van der Waals surface area contributed by atoms with E-state index in [1.165, 1.54) is 12.8 Å². The Morgan fingerprint density at radius 3 is 2.63 bits per heavy atom. The quantitative estimate of drug-likeness (QED) is 0.290. The Morgan fingerprint density at radius 1 is 1.32 bits per heavy atom. The second-order valence-corrected chi connectivity index (χ2v) is 4.49. The zero-order valence-corrected chi connectivity index (χ0v) is 14.4. The van der Waals surface area contributed by atoms with E-state index in [9.17, 15) is 0 Å². The number of rotatable bonds is 8. The third-order valence-corrected chi connectivity index (χ3v) is 2.90. The molecule has 0 radical (unpaired) electrons. The van der Waals surface area contributed by atoms with Crippen molar-refractivity contribution in [3.8, 4) is 0 Å². The fourth-order valence-corrected chi connectivity index (χ4v) is 1.78. The van der Waals surface area contributed by atoms with Crippen molar-refractivity contribution in [2.24, 2.45) is 4.99 Å². The molecule has 1 atom stereocenters. The number of ether oxygens (including phenoxy) is 2. The summed E-state index contributed by atoms with van der Waals surface area (Å²) in [6.07, 6.45) is 4.71. The topological polar surface area (TPSA) is 54.9 Å². The highest BCUT2D eigenvalue weighted by atomic mass is 127. The fourth-order valence-electron chi connectivity index (χ4n) is 1.78. The van der Waals surface area contributed by atoms with E-state index in [2.05, 4.69) is 22.5 Å². The van der Waals surface area contributed by atoms with Gasteiger partial charge in [0, 0.05) is 33.4 Å². The van der Waals surface area contributed by atoms with Gasteiger partial charge < -0.3 is 20.1 Å². The van der Waals surface area contributed by atoms with Crippen LogP contribution in [-0.2, 0) is 9.47 Å². The summed E-state index contributed by atoms with van der Waals surface area (Å²) in [6.45, 7) is 6.44. The first-order chi connectivity index (χ1) is 8.86. The van der Waals surface area contributed by atoms with Gasteiger partial charge in [-0.15, -0.1) is 24.0 Å². The summed E-state index contributed by atoms with van der Waals surface area (Å²) in [6, 6.07) is 0. The highest BCUT2D eigenvalue weighted by Gasteiger charge is 2.15. The van der Waals surface area contributed by atoms with Crippen molar-refractivity contribution in [1.29, 1.82) is 0 Å². The van der Waals surface area contributed by atoms with Crippen molar-refractivity contribution in [1.82, 2.24) is 10.6 Å². The van der Waals surface area contributed by atoms with E-state index in [1.54, 1.807) is 7.05 Å². The molecule has 0 saturated carbocycles. The lowest BCUT2D eigenvalue weighted by molar-refractivity contribution is 0.0420. The first-order valence-electron chi connectivity index (χ1n) is 7.00. The maximum atomic E-state index is 5.69. The minimum absolute atomic E-state index is 0. The summed E-state index contributed by atoms with van der Waals surface area (Å²) in [5, 5.41) is 6.56. The molecule has 1 aliphatic rings. The van der Waals surface area contributed by atoms with E-state index in [1.807, 2.05) is 0 Å². The zero-order chi connectivity index (χ0) is 13.1. The number of unbranched alkanes of at least 4 members (excludes halogenated alkanes) is 1. The van der Waals surface area contributed by atoms with Gasteiger partial charge >= 0.3 is 0 Å². The van der Waals surface area contributed by atoms with Gasteiger partial charge in [-0.05, 0) is 19.3 Å².